The summed E-state index contributed by atoms with van der Waals surface area (Å²) in [6.45, 7) is 3.43. The quantitative estimate of drug-likeness (QED) is 0.529. The van der Waals surface area contributed by atoms with Gasteiger partial charge in [-0.05, 0) is 30.6 Å². The summed E-state index contributed by atoms with van der Waals surface area (Å²) in [5.41, 5.74) is 0.575. The minimum absolute atomic E-state index is 0.563. The molecular weight excluding hydrogens is 287 g/mol. The molecule has 0 amide bonds. The van der Waals surface area contributed by atoms with Gasteiger partial charge in [0.05, 0.1) is 6.10 Å². The SMILES string of the molecule is CC1CCCC2(CCOC2CI)CC1. The molecule has 14 heavy (non-hydrogen) atoms. The van der Waals surface area contributed by atoms with Gasteiger partial charge in [-0.1, -0.05) is 48.8 Å². The third-order valence-corrected chi connectivity index (χ3v) is 5.05. The first-order valence-corrected chi connectivity index (χ1v) is 7.47. The van der Waals surface area contributed by atoms with Crippen molar-refractivity contribution in [2.45, 2.75) is 51.6 Å². The summed E-state index contributed by atoms with van der Waals surface area (Å²) in [5.74, 6) is 0.949. The van der Waals surface area contributed by atoms with Crippen LogP contribution in [-0.2, 0) is 4.74 Å². The maximum Gasteiger partial charge on any atom is 0.0721 e. The Labute approximate surface area is 101 Å². The van der Waals surface area contributed by atoms with Crippen molar-refractivity contribution in [3.8, 4) is 0 Å². The van der Waals surface area contributed by atoms with Crippen molar-refractivity contribution >= 4 is 22.6 Å². The lowest BCUT2D eigenvalue weighted by Crippen LogP contribution is -2.31. The molecule has 0 N–H and O–H groups in total. The Bertz CT molecular complexity index is 195. The van der Waals surface area contributed by atoms with Gasteiger partial charge in [0.15, 0.2) is 0 Å². The second-order valence-electron chi connectivity index (χ2n) is 5.16. The van der Waals surface area contributed by atoms with Crippen LogP contribution in [0.2, 0.25) is 0 Å². The number of ether oxygens (including phenoxy) is 1. The summed E-state index contributed by atoms with van der Waals surface area (Å²) in [7, 11) is 0. The van der Waals surface area contributed by atoms with E-state index >= 15 is 0 Å². The maximum absolute atomic E-state index is 5.88. The standard InChI is InChI=1S/C12H21IO/c1-10-3-2-5-12(6-4-10)7-8-14-11(12)9-13/h10-11H,2-9H2,1H3. The molecule has 3 unspecified atom stereocenters. The summed E-state index contributed by atoms with van der Waals surface area (Å²) < 4.78 is 7.07. The fourth-order valence-corrected chi connectivity index (χ4v) is 4.32. The maximum atomic E-state index is 5.88. The highest BCUT2D eigenvalue weighted by atomic mass is 127. The molecule has 82 valence electrons. The molecule has 2 fully saturated rings. The molecule has 1 aliphatic carbocycles. The number of halogens is 1. The zero-order valence-corrected chi connectivity index (χ0v) is 11.3. The lowest BCUT2D eigenvalue weighted by atomic mass is 9.75. The van der Waals surface area contributed by atoms with Crippen LogP contribution in [0.15, 0.2) is 0 Å². The van der Waals surface area contributed by atoms with Gasteiger partial charge >= 0.3 is 0 Å². The molecule has 1 aliphatic heterocycles. The third-order valence-electron chi connectivity index (χ3n) is 4.25. The van der Waals surface area contributed by atoms with Gasteiger partial charge in [0.2, 0.25) is 0 Å². The van der Waals surface area contributed by atoms with E-state index in [9.17, 15) is 0 Å². The Morgan fingerprint density at radius 1 is 1.29 bits per heavy atom. The van der Waals surface area contributed by atoms with E-state index in [1.165, 1.54) is 43.0 Å². The molecule has 0 radical (unpaired) electrons. The fourth-order valence-electron chi connectivity index (χ4n) is 3.13. The van der Waals surface area contributed by atoms with E-state index in [4.69, 9.17) is 4.74 Å². The van der Waals surface area contributed by atoms with E-state index in [-0.39, 0.29) is 0 Å². The van der Waals surface area contributed by atoms with Gasteiger partial charge in [0.1, 0.15) is 0 Å². The molecule has 2 heteroatoms. The molecule has 1 saturated heterocycles. The molecule has 2 rings (SSSR count). The molecule has 1 spiro atoms. The fraction of sp³-hybridized carbons (Fsp3) is 1.00. The third kappa shape index (κ3) is 2.11. The van der Waals surface area contributed by atoms with E-state index in [2.05, 4.69) is 29.5 Å². The monoisotopic (exact) mass is 308 g/mol. The first-order chi connectivity index (χ1) is 6.77. The summed E-state index contributed by atoms with van der Waals surface area (Å²) in [5, 5.41) is 0. The molecule has 3 atom stereocenters. The summed E-state index contributed by atoms with van der Waals surface area (Å²) in [6, 6.07) is 0. The lowest BCUT2D eigenvalue weighted by molar-refractivity contribution is 0.0606. The van der Waals surface area contributed by atoms with Crippen LogP contribution in [0.3, 0.4) is 0 Å². The Morgan fingerprint density at radius 2 is 2.14 bits per heavy atom. The average molecular weight is 308 g/mol. The molecule has 1 nitrogen and oxygen atoms in total. The Hall–Kier alpha value is 0.690. The first-order valence-electron chi connectivity index (χ1n) is 5.94. The molecule has 0 bridgehead atoms. The average Bonchev–Trinajstić information content (AvgIpc) is 2.48. The van der Waals surface area contributed by atoms with Crippen LogP contribution in [0.4, 0.5) is 0 Å². The summed E-state index contributed by atoms with van der Waals surface area (Å²) >= 11 is 2.49. The van der Waals surface area contributed by atoms with E-state index in [1.807, 2.05) is 0 Å². The van der Waals surface area contributed by atoms with Crippen LogP contribution >= 0.6 is 22.6 Å². The molecule has 2 aliphatic rings. The number of alkyl halides is 1. The predicted octanol–water partition coefficient (Wildman–Crippen LogP) is 3.80. The van der Waals surface area contributed by atoms with Gasteiger partial charge in [-0.3, -0.25) is 0 Å². The normalized spacial score (nSPS) is 44.1. The lowest BCUT2D eigenvalue weighted by Gasteiger charge is -2.32. The van der Waals surface area contributed by atoms with Crippen molar-refractivity contribution in [3.05, 3.63) is 0 Å². The number of hydrogen-bond acceptors (Lipinski definition) is 1. The highest BCUT2D eigenvalue weighted by Gasteiger charge is 2.43. The smallest absolute Gasteiger partial charge is 0.0721 e. The topological polar surface area (TPSA) is 9.23 Å². The second-order valence-corrected chi connectivity index (χ2v) is 6.04. The Morgan fingerprint density at radius 3 is 2.93 bits per heavy atom. The zero-order valence-electron chi connectivity index (χ0n) is 9.10. The highest BCUT2D eigenvalue weighted by molar-refractivity contribution is 14.1. The van der Waals surface area contributed by atoms with E-state index in [0.29, 0.717) is 11.5 Å². The van der Waals surface area contributed by atoms with Crippen molar-refractivity contribution in [3.63, 3.8) is 0 Å². The molecular formula is C12H21IO. The second kappa shape index (κ2) is 4.69. The molecule has 0 aromatic rings. The number of rotatable bonds is 1. The van der Waals surface area contributed by atoms with Crippen LogP contribution in [0.5, 0.6) is 0 Å². The van der Waals surface area contributed by atoms with Gasteiger partial charge in [0, 0.05) is 11.0 Å². The van der Waals surface area contributed by atoms with Gasteiger partial charge in [0.25, 0.3) is 0 Å². The Kier molecular flexibility index (Phi) is 3.74. The van der Waals surface area contributed by atoms with Crippen LogP contribution in [0, 0.1) is 11.3 Å². The van der Waals surface area contributed by atoms with Crippen molar-refractivity contribution in [1.82, 2.24) is 0 Å². The van der Waals surface area contributed by atoms with Gasteiger partial charge in [-0.25, -0.2) is 0 Å². The van der Waals surface area contributed by atoms with Crippen LogP contribution in [-0.4, -0.2) is 17.1 Å². The largest absolute Gasteiger partial charge is 0.377 e. The van der Waals surface area contributed by atoms with Crippen molar-refractivity contribution in [2.75, 3.05) is 11.0 Å². The van der Waals surface area contributed by atoms with Crippen LogP contribution in [0.25, 0.3) is 0 Å². The molecule has 1 heterocycles. The van der Waals surface area contributed by atoms with E-state index < -0.39 is 0 Å². The predicted molar refractivity (Wildman–Crippen MR) is 67.9 cm³/mol. The van der Waals surface area contributed by atoms with Gasteiger partial charge in [-0.15, -0.1) is 0 Å². The minimum Gasteiger partial charge on any atom is -0.377 e. The summed E-state index contributed by atoms with van der Waals surface area (Å²) in [6.07, 6.45) is 9.03. The minimum atomic E-state index is 0.563. The van der Waals surface area contributed by atoms with Gasteiger partial charge < -0.3 is 4.74 Å². The van der Waals surface area contributed by atoms with Crippen LogP contribution < -0.4 is 0 Å². The number of hydrogen-bond donors (Lipinski definition) is 0. The summed E-state index contributed by atoms with van der Waals surface area (Å²) in [4.78, 5) is 0. The molecule has 0 aromatic carbocycles. The van der Waals surface area contributed by atoms with E-state index in [0.717, 1.165) is 12.5 Å². The molecule has 1 saturated carbocycles. The molecule has 0 aromatic heterocycles. The van der Waals surface area contributed by atoms with Crippen molar-refractivity contribution < 1.29 is 4.74 Å². The zero-order chi connectivity index (χ0) is 10.0. The first kappa shape index (κ1) is 11.2. The Balaban J connectivity index is 2.05. The van der Waals surface area contributed by atoms with Crippen molar-refractivity contribution in [2.24, 2.45) is 11.3 Å². The van der Waals surface area contributed by atoms with E-state index in [1.54, 1.807) is 0 Å². The van der Waals surface area contributed by atoms with Crippen LogP contribution in [0.1, 0.15) is 45.4 Å². The van der Waals surface area contributed by atoms with Gasteiger partial charge in [-0.2, -0.15) is 0 Å². The van der Waals surface area contributed by atoms with Crippen molar-refractivity contribution in [1.29, 1.82) is 0 Å². The highest BCUT2D eigenvalue weighted by Crippen LogP contribution is 2.47.